The lowest BCUT2D eigenvalue weighted by Crippen LogP contribution is -2.40. The fraction of sp³-hybridized carbons (Fsp3) is 0.192. The number of phenols is 1. The Labute approximate surface area is 210 Å². The van der Waals surface area contributed by atoms with Crippen LogP contribution in [0.25, 0.3) is 22.4 Å². The zero-order chi connectivity index (χ0) is 25.1. The largest absolute Gasteiger partial charge is 0.507 e. The average Bonchev–Trinajstić information content (AvgIpc) is 3.56. The Bertz CT molecular complexity index is 1370. The Morgan fingerprint density at radius 2 is 1.92 bits per heavy atom. The molecule has 10 heteroatoms. The van der Waals surface area contributed by atoms with Gasteiger partial charge in [-0.25, -0.2) is 9.97 Å². The molecule has 3 heterocycles. The van der Waals surface area contributed by atoms with E-state index in [0.29, 0.717) is 46.3 Å². The highest BCUT2D eigenvalue weighted by atomic mass is 32.1. The summed E-state index contributed by atoms with van der Waals surface area (Å²) in [6.45, 7) is -2.40. The Kier molecular flexibility index (Phi) is 6.77. The van der Waals surface area contributed by atoms with Crippen LogP contribution in [-0.4, -0.2) is 40.2 Å². The number of alkyl halides is 2. The number of anilines is 2. The standard InChI is InChI=1S/C26H22F2N4O3S/c27-25(28)35-22-10-4-2-6-17(22)16-14-19(18-7-1-3-9-21(18)33)30-23(15-16)32-12-5-8-20(32)24(34)31-26-29-11-13-36-26/h1-4,6-7,9-11,13-15,20,25,33H,5,8,12H2,(H,29,31,34)/t20-/m0/s1. The van der Waals surface area contributed by atoms with Crippen LogP contribution in [0.15, 0.2) is 72.2 Å². The lowest BCUT2D eigenvalue weighted by molar-refractivity contribution is -0.117. The number of ether oxygens (including phenoxy) is 1. The van der Waals surface area contributed by atoms with Crippen LogP contribution in [-0.2, 0) is 4.79 Å². The second-order valence-corrected chi connectivity index (χ2v) is 9.06. The van der Waals surface area contributed by atoms with E-state index >= 15 is 0 Å². The predicted octanol–water partition coefficient (Wildman–Crippen LogP) is 5.79. The molecular formula is C26H22F2N4O3S. The molecule has 5 rings (SSSR count). The first-order valence-corrected chi connectivity index (χ1v) is 12.2. The summed E-state index contributed by atoms with van der Waals surface area (Å²) in [4.78, 5) is 23.9. The van der Waals surface area contributed by atoms with Crippen molar-refractivity contribution >= 4 is 28.2 Å². The molecular weight excluding hydrogens is 486 g/mol. The smallest absolute Gasteiger partial charge is 0.387 e. The minimum atomic E-state index is -2.98. The van der Waals surface area contributed by atoms with Gasteiger partial charge >= 0.3 is 6.61 Å². The monoisotopic (exact) mass is 508 g/mol. The van der Waals surface area contributed by atoms with Crippen LogP contribution in [0.5, 0.6) is 11.5 Å². The maximum Gasteiger partial charge on any atom is 0.387 e. The maximum atomic E-state index is 13.1. The van der Waals surface area contributed by atoms with Crippen LogP contribution in [0.2, 0.25) is 0 Å². The number of phenolic OH excluding ortho intramolecular Hbond substituents is 1. The summed E-state index contributed by atoms with van der Waals surface area (Å²) in [7, 11) is 0. The van der Waals surface area contributed by atoms with Gasteiger partial charge in [-0.15, -0.1) is 11.3 Å². The van der Waals surface area contributed by atoms with Gasteiger partial charge in [0.25, 0.3) is 0 Å². The quantitative estimate of drug-likeness (QED) is 0.329. The molecule has 0 radical (unpaired) electrons. The summed E-state index contributed by atoms with van der Waals surface area (Å²) in [5.74, 6) is 0.353. The summed E-state index contributed by atoms with van der Waals surface area (Å²) >= 11 is 1.33. The molecule has 0 unspecified atom stereocenters. The van der Waals surface area contributed by atoms with Gasteiger partial charge in [0, 0.05) is 29.2 Å². The van der Waals surface area contributed by atoms with Crippen molar-refractivity contribution in [1.82, 2.24) is 9.97 Å². The molecule has 36 heavy (non-hydrogen) atoms. The molecule has 1 amide bonds. The van der Waals surface area contributed by atoms with Crippen LogP contribution in [0.3, 0.4) is 0 Å². The third kappa shape index (κ3) is 4.99. The molecule has 1 saturated heterocycles. The number of rotatable bonds is 7. The number of nitrogens with one attached hydrogen (secondary N) is 1. The van der Waals surface area contributed by atoms with Crippen molar-refractivity contribution in [2.45, 2.75) is 25.5 Å². The van der Waals surface area contributed by atoms with E-state index in [1.54, 1.807) is 66.2 Å². The van der Waals surface area contributed by atoms with E-state index in [-0.39, 0.29) is 17.4 Å². The predicted molar refractivity (Wildman–Crippen MR) is 135 cm³/mol. The van der Waals surface area contributed by atoms with Gasteiger partial charge in [0.1, 0.15) is 23.4 Å². The van der Waals surface area contributed by atoms with E-state index in [4.69, 9.17) is 9.72 Å². The molecule has 0 saturated carbocycles. The molecule has 1 aliphatic heterocycles. The number of hydrogen-bond acceptors (Lipinski definition) is 7. The van der Waals surface area contributed by atoms with Crippen LogP contribution < -0.4 is 15.0 Å². The number of amides is 1. The van der Waals surface area contributed by atoms with Crippen molar-refractivity contribution in [2.75, 3.05) is 16.8 Å². The molecule has 0 bridgehead atoms. The zero-order valence-corrected chi connectivity index (χ0v) is 19.8. The van der Waals surface area contributed by atoms with E-state index in [2.05, 4.69) is 10.3 Å². The normalized spacial score (nSPS) is 15.3. The third-order valence-corrected chi connectivity index (χ3v) is 6.61. The van der Waals surface area contributed by atoms with Crippen molar-refractivity contribution in [3.05, 3.63) is 72.2 Å². The van der Waals surface area contributed by atoms with Gasteiger partial charge in [-0.2, -0.15) is 8.78 Å². The number of thiazole rings is 1. The first-order chi connectivity index (χ1) is 17.5. The molecule has 0 aliphatic carbocycles. The fourth-order valence-corrected chi connectivity index (χ4v) is 4.87. The fourth-order valence-electron chi connectivity index (χ4n) is 4.34. The molecule has 2 aromatic carbocycles. The number of halogens is 2. The number of hydrogen-bond donors (Lipinski definition) is 2. The lowest BCUT2D eigenvalue weighted by atomic mass is 10.0. The number of carbonyl (C=O) groups is 1. The van der Waals surface area contributed by atoms with Crippen molar-refractivity contribution in [3.8, 4) is 33.9 Å². The van der Waals surface area contributed by atoms with E-state index < -0.39 is 12.7 Å². The van der Waals surface area contributed by atoms with Gasteiger partial charge in [0.2, 0.25) is 5.91 Å². The topological polar surface area (TPSA) is 87.6 Å². The summed E-state index contributed by atoms with van der Waals surface area (Å²) in [6.07, 6.45) is 3.02. The van der Waals surface area contributed by atoms with Gasteiger partial charge in [0.05, 0.1) is 5.69 Å². The average molecular weight is 509 g/mol. The summed E-state index contributed by atoms with van der Waals surface area (Å²) in [5, 5.41) is 15.6. The Balaban J connectivity index is 1.59. The number of aromatic nitrogens is 2. The molecule has 184 valence electrons. The number of pyridine rings is 1. The van der Waals surface area contributed by atoms with Crippen LogP contribution in [0, 0.1) is 0 Å². The zero-order valence-electron chi connectivity index (χ0n) is 19.0. The highest BCUT2D eigenvalue weighted by Gasteiger charge is 2.33. The number of benzene rings is 2. The van der Waals surface area contributed by atoms with E-state index in [1.807, 2.05) is 4.90 Å². The SMILES string of the molecule is O=C(Nc1nccs1)[C@@H]1CCCN1c1cc(-c2ccccc2OC(F)F)cc(-c2ccccc2O)n1. The maximum absolute atomic E-state index is 13.1. The third-order valence-electron chi connectivity index (χ3n) is 5.92. The molecule has 1 fully saturated rings. The first kappa shape index (κ1) is 23.7. The van der Waals surface area contributed by atoms with Crippen LogP contribution in [0.4, 0.5) is 19.7 Å². The highest BCUT2D eigenvalue weighted by Crippen LogP contribution is 2.38. The van der Waals surface area contributed by atoms with Gasteiger partial charge < -0.3 is 20.1 Å². The summed E-state index contributed by atoms with van der Waals surface area (Å²) < 4.78 is 31.0. The van der Waals surface area contributed by atoms with Crippen LogP contribution >= 0.6 is 11.3 Å². The van der Waals surface area contributed by atoms with E-state index in [1.165, 1.54) is 17.4 Å². The molecule has 7 nitrogen and oxygen atoms in total. The molecule has 2 aromatic heterocycles. The molecule has 1 atom stereocenters. The van der Waals surface area contributed by atoms with Crippen molar-refractivity contribution in [3.63, 3.8) is 0 Å². The summed E-state index contributed by atoms with van der Waals surface area (Å²) in [6, 6.07) is 16.2. The highest BCUT2D eigenvalue weighted by molar-refractivity contribution is 7.13. The molecule has 4 aromatic rings. The van der Waals surface area contributed by atoms with Gasteiger partial charge in [-0.3, -0.25) is 4.79 Å². The molecule has 1 aliphatic rings. The number of aromatic hydroxyl groups is 1. The Morgan fingerprint density at radius 1 is 1.14 bits per heavy atom. The Hall–Kier alpha value is -4.05. The summed E-state index contributed by atoms with van der Waals surface area (Å²) in [5.41, 5.74) is 1.94. The molecule has 2 N–H and O–H groups in total. The van der Waals surface area contributed by atoms with Crippen molar-refractivity contribution < 1.29 is 23.4 Å². The lowest BCUT2D eigenvalue weighted by Gasteiger charge is -2.26. The van der Waals surface area contributed by atoms with E-state index in [9.17, 15) is 18.7 Å². The number of nitrogens with zero attached hydrogens (tertiary/aromatic N) is 3. The second kappa shape index (κ2) is 10.3. The number of para-hydroxylation sites is 2. The van der Waals surface area contributed by atoms with Gasteiger partial charge in [-0.1, -0.05) is 30.3 Å². The van der Waals surface area contributed by atoms with Crippen molar-refractivity contribution in [1.29, 1.82) is 0 Å². The minimum Gasteiger partial charge on any atom is -0.507 e. The van der Waals surface area contributed by atoms with Gasteiger partial charge in [-0.05, 0) is 48.7 Å². The Morgan fingerprint density at radius 3 is 2.67 bits per heavy atom. The first-order valence-electron chi connectivity index (χ1n) is 11.3. The molecule has 0 spiro atoms. The number of carbonyl (C=O) groups excluding carboxylic acids is 1. The van der Waals surface area contributed by atoms with E-state index in [0.717, 1.165) is 6.42 Å². The van der Waals surface area contributed by atoms with Gasteiger partial charge in [0.15, 0.2) is 5.13 Å². The second-order valence-electron chi connectivity index (χ2n) is 8.17. The minimum absolute atomic E-state index is 0.0207. The van der Waals surface area contributed by atoms with Crippen molar-refractivity contribution in [2.24, 2.45) is 0 Å². The van der Waals surface area contributed by atoms with Crippen LogP contribution in [0.1, 0.15) is 12.8 Å².